The molecular weight excluding hydrogens is 326 g/mol. The summed E-state index contributed by atoms with van der Waals surface area (Å²) in [6.45, 7) is 1.58. The van der Waals surface area contributed by atoms with Gasteiger partial charge in [0.15, 0.2) is 0 Å². The fourth-order valence-corrected chi connectivity index (χ4v) is 4.86. The molecule has 7 heteroatoms. The first-order valence-corrected chi connectivity index (χ1v) is 9.40. The summed E-state index contributed by atoms with van der Waals surface area (Å²) in [5.74, 6) is 0.0499. The number of amides is 4. The van der Waals surface area contributed by atoms with Crippen LogP contribution >= 0.6 is 11.3 Å². The van der Waals surface area contributed by atoms with Crippen LogP contribution in [0.5, 0.6) is 0 Å². The van der Waals surface area contributed by atoms with Gasteiger partial charge in [-0.25, -0.2) is 4.79 Å². The predicted octanol–water partition coefficient (Wildman–Crippen LogP) is 1.96. The van der Waals surface area contributed by atoms with Crippen LogP contribution in [0.4, 0.5) is 4.79 Å². The summed E-state index contributed by atoms with van der Waals surface area (Å²) in [6, 6.07) is 3.71. The number of rotatable bonds is 4. The van der Waals surface area contributed by atoms with Gasteiger partial charge < -0.3 is 10.2 Å². The van der Waals surface area contributed by atoms with Crippen molar-refractivity contribution in [1.29, 1.82) is 0 Å². The van der Waals surface area contributed by atoms with Gasteiger partial charge in [-0.1, -0.05) is 18.9 Å². The Kier molecular flexibility index (Phi) is 3.83. The number of hydrogen-bond donors (Lipinski definition) is 1. The number of carbonyl (C=O) groups excluding carboxylic acids is 3. The third-order valence-electron chi connectivity index (χ3n) is 5.37. The lowest BCUT2D eigenvalue weighted by molar-refractivity contribution is -0.132. The van der Waals surface area contributed by atoms with E-state index < -0.39 is 5.54 Å². The van der Waals surface area contributed by atoms with E-state index in [1.54, 1.807) is 11.3 Å². The molecule has 2 saturated heterocycles. The highest BCUT2D eigenvalue weighted by atomic mass is 32.1. The number of hydrogen-bond acceptors (Lipinski definition) is 4. The van der Waals surface area contributed by atoms with Crippen LogP contribution in [0.15, 0.2) is 17.5 Å². The highest BCUT2D eigenvalue weighted by molar-refractivity contribution is 7.09. The predicted molar refractivity (Wildman–Crippen MR) is 89.3 cm³/mol. The largest absolute Gasteiger partial charge is 0.337 e. The van der Waals surface area contributed by atoms with Crippen LogP contribution in [0.2, 0.25) is 0 Å². The van der Waals surface area contributed by atoms with Crippen LogP contribution < -0.4 is 5.32 Å². The van der Waals surface area contributed by atoms with Crippen molar-refractivity contribution >= 4 is 29.2 Å². The summed E-state index contributed by atoms with van der Waals surface area (Å²) in [5, 5.41) is 4.90. The van der Waals surface area contributed by atoms with Crippen molar-refractivity contribution in [3.63, 3.8) is 0 Å². The van der Waals surface area contributed by atoms with E-state index in [2.05, 4.69) is 5.32 Å². The molecule has 0 bridgehead atoms. The maximum atomic E-state index is 12.7. The molecule has 1 saturated carbocycles. The third-order valence-corrected chi connectivity index (χ3v) is 6.23. The Balaban J connectivity index is 1.40. The Morgan fingerprint density at radius 2 is 2.04 bits per heavy atom. The van der Waals surface area contributed by atoms with E-state index in [1.807, 2.05) is 22.4 Å². The number of nitrogens with one attached hydrogen (secondary N) is 1. The van der Waals surface area contributed by atoms with E-state index in [9.17, 15) is 14.4 Å². The molecule has 3 heterocycles. The van der Waals surface area contributed by atoms with Crippen molar-refractivity contribution < 1.29 is 14.4 Å². The first-order valence-electron chi connectivity index (χ1n) is 8.52. The van der Waals surface area contributed by atoms with Crippen molar-refractivity contribution in [2.45, 2.75) is 44.2 Å². The molecule has 4 rings (SSSR count). The van der Waals surface area contributed by atoms with Gasteiger partial charge in [0.1, 0.15) is 5.54 Å². The summed E-state index contributed by atoms with van der Waals surface area (Å²) in [7, 11) is 0. The smallest absolute Gasteiger partial charge is 0.325 e. The van der Waals surface area contributed by atoms with Gasteiger partial charge in [-0.05, 0) is 24.3 Å². The highest BCUT2D eigenvalue weighted by Crippen LogP contribution is 2.36. The molecular formula is C17H21N3O3S. The van der Waals surface area contributed by atoms with Crippen LogP contribution in [0.1, 0.15) is 37.0 Å². The third kappa shape index (κ3) is 2.60. The van der Waals surface area contributed by atoms with Gasteiger partial charge >= 0.3 is 6.03 Å². The minimum Gasteiger partial charge on any atom is -0.337 e. The van der Waals surface area contributed by atoms with Crippen molar-refractivity contribution in [1.82, 2.24) is 15.1 Å². The number of urea groups is 1. The van der Waals surface area contributed by atoms with Gasteiger partial charge in [-0.15, -0.1) is 11.3 Å². The first kappa shape index (κ1) is 15.6. The van der Waals surface area contributed by atoms with Gasteiger partial charge in [0.2, 0.25) is 5.91 Å². The van der Waals surface area contributed by atoms with E-state index >= 15 is 0 Å². The summed E-state index contributed by atoms with van der Waals surface area (Å²) in [6.07, 6.45) is 3.85. The lowest BCUT2D eigenvalue weighted by atomic mass is 9.97. The molecule has 0 aromatic carbocycles. The maximum Gasteiger partial charge on any atom is 0.325 e. The fraction of sp³-hybridized carbons (Fsp3) is 0.588. The molecule has 128 valence electrons. The number of likely N-dealkylation sites (tertiary alicyclic amines) is 1. The van der Waals surface area contributed by atoms with Crippen LogP contribution in [-0.2, 0) is 16.1 Å². The molecule has 6 nitrogen and oxygen atoms in total. The van der Waals surface area contributed by atoms with E-state index in [0.717, 1.165) is 30.6 Å². The average molecular weight is 347 g/mol. The number of nitrogens with zero attached hydrogens (tertiary/aromatic N) is 2. The fourth-order valence-electron chi connectivity index (χ4n) is 4.14. The molecule has 1 aliphatic carbocycles. The lowest BCUT2D eigenvalue weighted by Crippen LogP contribution is -2.44. The van der Waals surface area contributed by atoms with Gasteiger partial charge in [0.05, 0.1) is 6.54 Å². The van der Waals surface area contributed by atoms with Crippen molar-refractivity contribution in [3.05, 3.63) is 22.4 Å². The van der Waals surface area contributed by atoms with Crippen LogP contribution in [0, 0.1) is 5.92 Å². The van der Waals surface area contributed by atoms with Crippen LogP contribution in [0.25, 0.3) is 0 Å². The molecule has 24 heavy (non-hydrogen) atoms. The summed E-state index contributed by atoms with van der Waals surface area (Å²) in [4.78, 5) is 41.5. The minimum absolute atomic E-state index is 0.0312. The summed E-state index contributed by atoms with van der Waals surface area (Å²) < 4.78 is 0. The minimum atomic E-state index is -0.656. The van der Waals surface area contributed by atoms with E-state index in [1.165, 1.54) is 4.90 Å². The van der Waals surface area contributed by atoms with Crippen LogP contribution in [-0.4, -0.2) is 46.3 Å². The monoisotopic (exact) mass is 347 g/mol. The van der Waals surface area contributed by atoms with E-state index in [-0.39, 0.29) is 23.8 Å². The van der Waals surface area contributed by atoms with Gasteiger partial charge in [0, 0.05) is 30.3 Å². The van der Waals surface area contributed by atoms with Gasteiger partial charge in [0.25, 0.3) is 5.91 Å². The Bertz CT molecular complexity index is 667. The number of thiophene rings is 1. The van der Waals surface area contributed by atoms with Crippen molar-refractivity contribution in [2.75, 3.05) is 13.1 Å². The SMILES string of the molecule is O=C1CC(CN2C(=O)NC3(CCCC3)C2=O)CN1Cc1cccs1. The Morgan fingerprint density at radius 1 is 1.25 bits per heavy atom. The topological polar surface area (TPSA) is 69.7 Å². The zero-order valence-electron chi connectivity index (χ0n) is 13.5. The van der Waals surface area contributed by atoms with E-state index in [0.29, 0.717) is 26.1 Å². The Labute approximate surface area is 144 Å². The molecule has 1 atom stereocenters. The number of imide groups is 1. The molecule has 3 aliphatic rings. The quantitative estimate of drug-likeness (QED) is 0.847. The Morgan fingerprint density at radius 3 is 2.75 bits per heavy atom. The summed E-state index contributed by atoms with van der Waals surface area (Å²) >= 11 is 1.64. The zero-order chi connectivity index (χ0) is 16.7. The molecule has 1 N–H and O–H groups in total. The zero-order valence-corrected chi connectivity index (χ0v) is 14.3. The molecule has 1 aromatic heterocycles. The molecule has 1 unspecified atom stereocenters. The molecule has 0 radical (unpaired) electrons. The van der Waals surface area contributed by atoms with Crippen LogP contribution in [0.3, 0.4) is 0 Å². The molecule has 1 aromatic rings. The van der Waals surface area contributed by atoms with Gasteiger partial charge in [-0.3, -0.25) is 14.5 Å². The lowest BCUT2D eigenvalue weighted by Gasteiger charge is -2.21. The van der Waals surface area contributed by atoms with E-state index in [4.69, 9.17) is 0 Å². The second-order valence-electron chi connectivity index (χ2n) is 7.06. The second kappa shape index (κ2) is 5.88. The maximum absolute atomic E-state index is 12.7. The molecule has 3 fully saturated rings. The summed E-state index contributed by atoms with van der Waals surface area (Å²) in [5.41, 5.74) is -0.656. The van der Waals surface area contributed by atoms with Crippen molar-refractivity contribution in [3.8, 4) is 0 Å². The second-order valence-corrected chi connectivity index (χ2v) is 8.09. The normalized spacial score (nSPS) is 26.0. The molecule has 4 amide bonds. The van der Waals surface area contributed by atoms with Gasteiger partial charge in [-0.2, -0.15) is 0 Å². The first-order chi connectivity index (χ1) is 11.6. The number of carbonyl (C=O) groups is 3. The molecule has 2 aliphatic heterocycles. The highest BCUT2D eigenvalue weighted by Gasteiger charge is 2.53. The van der Waals surface area contributed by atoms with Crippen molar-refractivity contribution in [2.24, 2.45) is 5.92 Å². The Hall–Kier alpha value is -1.89. The standard InChI is InChI=1S/C17H21N3O3S/c21-14-8-12(9-19(14)11-13-4-3-7-24-13)10-20-15(22)17(18-16(20)23)5-1-2-6-17/h3-4,7,12H,1-2,5-6,8-11H2,(H,18,23). The average Bonchev–Trinajstić information content (AvgIpc) is 3.30. The molecule has 1 spiro atoms.